The molecule has 0 radical (unpaired) electrons. The van der Waals surface area contributed by atoms with Crippen molar-refractivity contribution in [3.8, 4) is 0 Å². The molecule has 4 nitrogen and oxygen atoms in total. The number of amides is 1. The molecule has 1 aromatic rings. The normalized spacial score (nSPS) is 25.6. The maximum atomic E-state index is 14.3. The number of carboxylic acid groups (broad SMARTS) is 1. The van der Waals surface area contributed by atoms with Crippen molar-refractivity contribution in [3.05, 3.63) is 35.4 Å². The minimum absolute atomic E-state index is 0.195. The molecule has 130 valence electrons. The number of hydrogen-bond acceptors (Lipinski definition) is 2. The highest BCUT2D eigenvalue weighted by atomic mass is 19.1. The third-order valence-electron chi connectivity index (χ3n) is 5.46. The van der Waals surface area contributed by atoms with Crippen LogP contribution >= 0.6 is 0 Å². The molecule has 2 N–H and O–H groups in total. The summed E-state index contributed by atoms with van der Waals surface area (Å²) in [6.07, 6.45) is 4.23. The van der Waals surface area contributed by atoms with E-state index >= 15 is 0 Å². The minimum atomic E-state index is -0.973. The van der Waals surface area contributed by atoms with Crippen LogP contribution in [0.5, 0.6) is 0 Å². The van der Waals surface area contributed by atoms with Crippen LogP contribution in [0.2, 0.25) is 0 Å². The Kier molecular flexibility index (Phi) is 4.56. The van der Waals surface area contributed by atoms with Crippen LogP contribution in [0.4, 0.5) is 8.78 Å². The molecular weight excluding hydrogens is 316 g/mol. The van der Waals surface area contributed by atoms with E-state index < -0.39 is 28.9 Å². The summed E-state index contributed by atoms with van der Waals surface area (Å²) in [5.74, 6) is -2.89. The van der Waals surface area contributed by atoms with Gasteiger partial charge in [-0.3, -0.25) is 9.59 Å². The lowest BCUT2D eigenvalue weighted by molar-refractivity contribution is -0.141. The van der Waals surface area contributed by atoms with Crippen molar-refractivity contribution in [2.24, 2.45) is 5.92 Å². The van der Waals surface area contributed by atoms with Gasteiger partial charge in [-0.25, -0.2) is 8.78 Å². The minimum Gasteiger partial charge on any atom is -0.481 e. The molecule has 2 aliphatic carbocycles. The Hall–Kier alpha value is -1.98. The first-order chi connectivity index (χ1) is 11.4. The van der Waals surface area contributed by atoms with Gasteiger partial charge in [-0.1, -0.05) is 18.9 Å². The van der Waals surface area contributed by atoms with Crippen LogP contribution in [0.25, 0.3) is 0 Å². The molecule has 1 amide bonds. The summed E-state index contributed by atoms with van der Waals surface area (Å²) in [7, 11) is 0. The topological polar surface area (TPSA) is 66.4 Å². The second kappa shape index (κ2) is 6.49. The molecular formula is C18H21F2NO3. The van der Waals surface area contributed by atoms with E-state index in [0.29, 0.717) is 32.1 Å². The highest BCUT2D eigenvalue weighted by Gasteiger charge is 2.45. The first kappa shape index (κ1) is 16.9. The Morgan fingerprint density at radius 3 is 2.46 bits per heavy atom. The smallest absolute Gasteiger partial charge is 0.306 e. The average molecular weight is 337 g/mol. The van der Waals surface area contributed by atoms with E-state index in [0.717, 1.165) is 18.9 Å². The average Bonchev–Trinajstić information content (AvgIpc) is 3.17. The summed E-state index contributed by atoms with van der Waals surface area (Å²) in [6, 6.07) is 3.17. The number of carbonyl (C=O) groups excluding carboxylic acids is 1. The van der Waals surface area contributed by atoms with E-state index in [1.165, 1.54) is 12.1 Å². The Morgan fingerprint density at radius 1 is 1.17 bits per heavy atom. The van der Waals surface area contributed by atoms with Gasteiger partial charge in [0.05, 0.1) is 11.3 Å². The molecule has 0 aliphatic heterocycles. The molecule has 2 fully saturated rings. The molecule has 0 aromatic heterocycles. The summed E-state index contributed by atoms with van der Waals surface area (Å²) in [6.45, 7) is 0. The van der Waals surface area contributed by atoms with Gasteiger partial charge in [0.15, 0.2) is 0 Å². The lowest BCUT2D eigenvalue weighted by Crippen LogP contribution is -2.46. The van der Waals surface area contributed by atoms with Crippen molar-refractivity contribution >= 4 is 11.9 Å². The van der Waals surface area contributed by atoms with Gasteiger partial charge >= 0.3 is 5.97 Å². The van der Waals surface area contributed by atoms with Gasteiger partial charge in [-0.15, -0.1) is 0 Å². The predicted molar refractivity (Wildman–Crippen MR) is 83.4 cm³/mol. The molecule has 6 heteroatoms. The van der Waals surface area contributed by atoms with Gasteiger partial charge in [0.25, 0.3) is 0 Å². The molecule has 0 spiro atoms. The molecule has 2 aliphatic rings. The van der Waals surface area contributed by atoms with Gasteiger partial charge in [0.2, 0.25) is 5.91 Å². The third kappa shape index (κ3) is 3.01. The summed E-state index contributed by atoms with van der Waals surface area (Å²) in [5, 5.41) is 12.0. The van der Waals surface area contributed by atoms with Crippen molar-refractivity contribution in [3.63, 3.8) is 0 Å². The Labute approximate surface area is 139 Å². The van der Waals surface area contributed by atoms with Crippen molar-refractivity contribution in [2.75, 3.05) is 0 Å². The second-order valence-electron chi connectivity index (χ2n) is 6.93. The van der Waals surface area contributed by atoms with Crippen LogP contribution in [0.15, 0.2) is 18.2 Å². The second-order valence-corrected chi connectivity index (χ2v) is 6.93. The highest BCUT2D eigenvalue weighted by molar-refractivity contribution is 5.89. The lowest BCUT2D eigenvalue weighted by Gasteiger charge is -2.30. The molecule has 2 saturated carbocycles. The molecule has 2 atom stereocenters. The predicted octanol–water partition coefficient (Wildman–Crippen LogP) is 3.15. The quantitative estimate of drug-likeness (QED) is 0.887. The maximum Gasteiger partial charge on any atom is 0.306 e. The van der Waals surface area contributed by atoms with Gasteiger partial charge in [-0.2, -0.15) is 0 Å². The highest BCUT2D eigenvalue weighted by Crippen LogP contribution is 2.43. The monoisotopic (exact) mass is 337 g/mol. The van der Waals surface area contributed by atoms with E-state index in [2.05, 4.69) is 5.32 Å². The zero-order valence-corrected chi connectivity index (χ0v) is 13.4. The Morgan fingerprint density at radius 2 is 1.88 bits per heavy atom. The Bertz CT molecular complexity index is 656. The molecule has 0 saturated heterocycles. The number of carbonyl (C=O) groups is 2. The van der Waals surface area contributed by atoms with Crippen molar-refractivity contribution in [1.82, 2.24) is 5.32 Å². The third-order valence-corrected chi connectivity index (χ3v) is 5.46. The number of carboxylic acids is 1. The van der Waals surface area contributed by atoms with E-state index in [-0.39, 0.29) is 17.5 Å². The molecule has 0 bridgehead atoms. The maximum absolute atomic E-state index is 14.3. The zero-order chi connectivity index (χ0) is 17.3. The number of benzene rings is 1. The first-order valence-corrected chi connectivity index (χ1v) is 8.42. The van der Waals surface area contributed by atoms with Crippen LogP contribution in [0.3, 0.4) is 0 Å². The summed E-state index contributed by atoms with van der Waals surface area (Å²) in [4.78, 5) is 24.0. The van der Waals surface area contributed by atoms with E-state index in [1.54, 1.807) is 0 Å². The fraction of sp³-hybridized carbons (Fsp3) is 0.556. The summed E-state index contributed by atoms with van der Waals surface area (Å²) < 4.78 is 27.5. The van der Waals surface area contributed by atoms with E-state index in [4.69, 9.17) is 5.11 Å². The summed E-state index contributed by atoms with van der Waals surface area (Å²) in [5.41, 5.74) is -0.731. The van der Waals surface area contributed by atoms with Gasteiger partial charge in [0.1, 0.15) is 11.6 Å². The summed E-state index contributed by atoms with van der Waals surface area (Å²) >= 11 is 0. The van der Waals surface area contributed by atoms with Gasteiger partial charge < -0.3 is 10.4 Å². The van der Waals surface area contributed by atoms with Gasteiger partial charge in [0, 0.05) is 17.7 Å². The zero-order valence-electron chi connectivity index (χ0n) is 13.4. The van der Waals surface area contributed by atoms with E-state index in [9.17, 15) is 18.4 Å². The van der Waals surface area contributed by atoms with Crippen molar-refractivity contribution in [1.29, 1.82) is 0 Å². The van der Waals surface area contributed by atoms with Crippen LogP contribution in [-0.4, -0.2) is 23.0 Å². The standard InChI is InChI=1S/C18H21F2NO3/c19-12-4-6-14(15(20)10-12)18(7-1-2-8-18)17(24)21-13-5-3-11(9-13)16(22)23/h4,6,10-11,13H,1-3,5,7-9H2,(H,21,24)(H,22,23)/t11-,13+/m0/s1. The molecule has 0 unspecified atom stereocenters. The van der Waals surface area contributed by atoms with Crippen LogP contribution in [0.1, 0.15) is 50.5 Å². The number of rotatable bonds is 4. The van der Waals surface area contributed by atoms with Crippen molar-refractivity contribution in [2.45, 2.75) is 56.4 Å². The lowest BCUT2D eigenvalue weighted by atomic mass is 9.77. The molecule has 1 aromatic carbocycles. The van der Waals surface area contributed by atoms with E-state index in [1.807, 2.05) is 0 Å². The van der Waals surface area contributed by atoms with Crippen LogP contribution in [0, 0.1) is 17.6 Å². The van der Waals surface area contributed by atoms with Crippen LogP contribution in [-0.2, 0) is 15.0 Å². The van der Waals surface area contributed by atoms with Gasteiger partial charge in [-0.05, 0) is 38.2 Å². The number of hydrogen-bond donors (Lipinski definition) is 2. The fourth-order valence-electron chi connectivity index (χ4n) is 4.14. The SMILES string of the molecule is O=C(O)[C@H]1CC[C@@H](NC(=O)C2(c3ccc(F)cc3F)CCCC2)C1. The number of nitrogens with one attached hydrogen (secondary N) is 1. The van der Waals surface area contributed by atoms with Crippen LogP contribution < -0.4 is 5.32 Å². The molecule has 24 heavy (non-hydrogen) atoms. The number of aliphatic carboxylic acids is 1. The van der Waals surface area contributed by atoms with Crippen molar-refractivity contribution < 1.29 is 23.5 Å². The number of halogens is 2. The Balaban J connectivity index is 1.80. The first-order valence-electron chi connectivity index (χ1n) is 8.42. The molecule has 0 heterocycles. The fourth-order valence-corrected chi connectivity index (χ4v) is 4.14. The largest absolute Gasteiger partial charge is 0.481 e. The molecule has 3 rings (SSSR count).